The molecule has 0 radical (unpaired) electrons. The summed E-state index contributed by atoms with van der Waals surface area (Å²) < 4.78 is 0. The lowest BCUT2D eigenvalue weighted by Gasteiger charge is -2.40. The zero-order valence-corrected chi connectivity index (χ0v) is 18.0. The molecule has 1 heterocycles. The molecular weight excluding hydrogens is 356 g/mol. The molecule has 1 saturated heterocycles. The Hall–Kier alpha value is -1.68. The van der Waals surface area contributed by atoms with E-state index < -0.39 is 6.10 Å². The zero-order valence-electron chi connectivity index (χ0n) is 18.0. The van der Waals surface area contributed by atoms with E-state index in [1.165, 1.54) is 49.9 Å². The van der Waals surface area contributed by atoms with Crippen LogP contribution in [0, 0.1) is 5.92 Å². The summed E-state index contributed by atoms with van der Waals surface area (Å²) in [5, 5.41) is 10.7. The molecule has 3 nitrogen and oxygen atoms in total. The molecule has 1 N–H and O–H groups in total. The molecule has 2 atom stereocenters. The topological polar surface area (TPSA) is 26.7 Å². The first-order valence-corrected chi connectivity index (χ1v) is 11.3. The highest BCUT2D eigenvalue weighted by molar-refractivity contribution is 5.27. The third-order valence-electron chi connectivity index (χ3n) is 7.13. The van der Waals surface area contributed by atoms with E-state index in [1.54, 1.807) is 0 Å². The largest absolute Gasteiger partial charge is 0.387 e. The van der Waals surface area contributed by atoms with Gasteiger partial charge in [0.15, 0.2) is 0 Å². The minimum atomic E-state index is -0.430. The second kappa shape index (κ2) is 9.42. The van der Waals surface area contributed by atoms with Crippen LogP contribution >= 0.6 is 0 Å². The maximum atomic E-state index is 10.7. The molecule has 29 heavy (non-hydrogen) atoms. The van der Waals surface area contributed by atoms with Crippen LogP contribution < -0.4 is 0 Å². The van der Waals surface area contributed by atoms with E-state index in [0.717, 1.165) is 24.6 Å². The van der Waals surface area contributed by atoms with Crippen LogP contribution in [0.2, 0.25) is 0 Å². The number of rotatable bonds is 8. The van der Waals surface area contributed by atoms with Gasteiger partial charge < -0.3 is 10.0 Å². The van der Waals surface area contributed by atoms with Gasteiger partial charge in [-0.15, -0.1) is 0 Å². The molecule has 1 aliphatic heterocycles. The number of aliphatic hydroxyl groups excluding tert-OH is 1. The van der Waals surface area contributed by atoms with Crippen molar-refractivity contribution < 1.29 is 5.11 Å². The van der Waals surface area contributed by atoms with Crippen LogP contribution in [0.25, 0.3) is 0 Å². The normalized spacial score (nSPS) is 24.4. The first-order valence-electron chi connectivity index (χ1n) is 11.3. The van der Waals surface area contributed by atoms with Crippen molar-refractivity contribution in [3.63, 3.8) is 0 Å². The molecule has 1 aliphatic carbocycles. The number of hydrogen-bond acceptors (Lipinski definition) is 3. The monoisotopic (exact) mass is 392 g/mol. The van der Waals surface area contributed by atoms with E-state index in [2.05, 4.69) is 48.0 Å². The van der Waals surface area contributed by atoms with Crippen LogP contribution in [-0.2, 0) is 6.54 Å². The van der Waals surface area contributed by atoms with Crippen LogP contribution in [-0.4, -0.2) is 47.6 Å². The minimum absolute atomic E-state index is 0.126. The number of nitrogens with zero attached hydrogens (tertiary/aromatic N) is 2. The SMILES string of the molecule is C[C@@H]([C@H](O)c1ccccc1)N(C)CC1CC(c2ccc(CN3CCCC3)cc2)C1. The van der Waals surface area contributed by atoms with Crippen molar-refractivity contribution in [1.82, 2.24) is 9.80 Å². The van der Waals surface area contributed by atoms with Crippen molar-refractivity contribution in [3.05, 3.63) is 71.3 Å². The summed E-state index contributed by atoms with van der Waals surface area (Å²) in [5.74, 6) is 1.45. The van der Waals surface area contributed by atoms with Crippen LogP contribution in [0.3, 0.4) is 0 Å². The fourth-order valence-corrected chi connectivity index (χ4v) is 4.99. The highest BCUT2D eigenvalue weighted by Gasteiger charge is 2.32. The smallest absolute Gasteiger partial charge is 0.0942 e. The van der Waals surface area contributed by atoms with Gasteiger partial charge in [-0.05, 0) is 81.3 Å². The lowest BCUT2D eigenvalue weighted by atomic mass is 9.71. The van der Waals surface area contributed by atoms with Gasteiger partial charge >= 0.3 is 0 Å². The van der Waals surface area contributed by atoms with Crippen LogP contribution in [0.15, 0.2) is 54.6 Å². The van der Waals surface area contributed by atoms with Gasteiger partial charge in [-0.3, -0.25) is 4.90 Å². The number of aliphatic hydroxyl groups is 1. The summed E-state index contributed by atoms with van der Waals surface area (Å²) >= 11 is 0. The van der Waals surface area contributed by atoms with Gasteiger partial charge in [-0.1, -0.05) is 54.6 Å². The second-order valence-electron chi connectivity index (χ2n) is 9.29. The third-order valence-corrected chi connectivity index (χ3v) is 7.13. The van der Waals surface area contributed by atoms with Gasteiger partial charge in [0.1, 0.15) is 0 Å². The summed E-state index contributed by atoms with van der Waals surface area (Å²) in [6.45, 7) is 6.83. The summed E-state index contributed by atoms with van der Waals surface area (Å²) in [5.41, 5.74) is 3.97. The second-order valence-corrected chi connectivity index (χ2v) is 9.29. The quantitative estimate of drug-likeness (QED) is 0.697. The average molecular weight is 393 g/mol. The molecule has 2 aromatic rings. The molecule has 0 spiro atoms. The molecule has 2 fully saturated rings. The van der Waals surface area contributed by atoms with Crippen molar-refractivity contribution in [3.8, 4) is 0 Å². The van der Waals surface area contributed by atoms with E-state index in [9.17, 15) is 5.11 Å². The molecule has 2 aromatic carbocycles. The number of hydrogen-bond donors (Lipinski definition) is 1. The standard InChI is InChI=1S/C26H36N2O/c1-20(26(29)24-8-4-3-5-9-24)27(2)18-22-16-25(17-22)23-12-10-21(11-13-23)19-28-14-6-7-15-28/h3-5,8-13,20,22,25-26,29H,6-7,14-19H2,1-2H3/t20-,22?,25?,26-/m0/s1. The van der Waals surface area contributed by atoms with Gasteiger partial charge in [0.25, 0.3) is 0 Å². The highest BCUT2D eigenvalue weighted by Crippen LogP contribution is 2.42. The Balaban J connectivity index is 1.23. The van der Waals surface area contributed by atoms with E-state index in [4.69, 9.17) is 0 Å². The van der Waals surface area contributed by atoms with Crippen molar-refractivity contribution >= 4 is 0 Å². The Kier molecular flexibility index (Phi) is 6.69. The van der Waals surface area contributed by atoms with Crippen LogP contribution in [0.1, 0.15) is 61.3 Å². The summed E-state index contributed by atoms with van der Waals surface area (Å²) in [7, 11) is 2.15. The predicted octanol–water partition coefficient (Wildman–Crippen LogP) is 4.83. The number of likely N-dealkylation sites (tertiary alicyclic amines) is 1. The number of benzene rings is 2. The maximum absolute atomic E-state index is 10.7. The Morgan fingerprint density at radius 3 is 2.31 bits per heavy atom. The van der Waals surface area contributed by atoms with Gasteiger partial charge in [-0.25, -0.2) is 0 Å². The third kappa shape index (κ3) is 5.09. The lowest BCUT2D eigenvalue weighted by Crippen LogP contribution is -2.40. The van der Waals surface area contributed by atoms with Crippen LogP contribution in [0.5, 0.6) is 0 Å². The van der Waals surface area contributed by atoms with Crippen molar-refractivity contribution in [2.24, 2.45) is 5.92 Å². The molecule has 4 rings (SSSR count). The Labute approximate surface area is 176 Å². The molecule has 0 bridgehead atoms. The summed E-state index contributed by atoms with van der Waals surface area (Å²) in [6.07, 6.45) is 4.82. The fraction of sp³-hybridized carbons (Fsp3) is 0.538. The van der Waals surface area contributed by atoms with Crippen molar-refractivity contribution in [2.45, 2.75) is 57.2 Å². The molecule has 0 amide bonds. The molecule has 0 unspecified atom stereocenters. The number of likely N-dealkylation sites (N-methyl/N-ethyl adjacent to an activating group) is 1. The summed E-state index contributed by atoms with van der Waals surface area (Å²) in [4.78, 5) is 4.90. The Bertz CT molecular complexity index is 748. The van der Waals surface area contributed by atoms with Crippen molar-refractivity contribution in [2.75, 3.05) is 26.7 Å². The predicted molar refractivity (Wildman–Crippen MR) is 120 cm³/mol. The van der Waals surface area contributed by atoms with Crippen LogP contribution in [0.4, 0.5) is 0 Å². The molecule has 1 saturated carbocycles. The van der Waals surface area contributed by atoms with Gasteiger partial charge in [0.2, 0.25) is 0 Å². The van der Waals surface area contributed by atoms with Crippen molar-refractivity contribution in [1.29, 1.82) is 0 Å². The van der Waals surface area contributed by atoms with Gasteiger partial charge in [-0.2, -0.15) is 0 Å². The molecule has 0 aromatic heterocycles. The van der Waals surface area contributed by atoms with Gasteiger partial charge in [0.05, 0.1) is 6.10 Å². The highest BCUT2D eigenvalue weighted by atomic mass is 16.3. The van der Waals surface area contributed by atoms with E-state index >= 15 is 0 Å². The van der Waals surface area contributed by atoms with E-state index in [0.29, 0.717) is 5.92 Å². The first kappa shape index (κ1) is 20.6. The molecule has 156 valence electrons. The average Bonchev–Trinajstić information content (AvgIpc) is 3.23. The molecule has 3 heteroatoms. The molecular formula is C26H36N2O. The zero-order chi connectivity index (χ0) is 20.2. The van der Waals surface area contributed by atoms with Gasteiger partial charge in [0, 0.05) is 19.1 Å². The lowest BCUT2D eigenvalue weighted by molar-refractivity contribution is 0.0522. The minimum Gasteiger partial charge on any atom is -0.387 e. The molecule has 2 aliphatic rings. The summed E-state index contributed by atoms with van der Waals surface area (Å²) in [6, 6.07) is 19.5. The fourth-order valence-electron chi connectivity index (χ4n) is 4.99. The Morgan fingerprint density at radius 1 is 1.00 bits per heavy atom. The maximum Gasteiger partial charge on any atom is 0.0942 e. The van der Waals surface area contributed by atoms with E-state index in [1.807, 2.05) is 30.3 Å². The Morgan fingerprint density at radius 2 is 1.66 bits per heavy atom. The van der Waals surface area contributed by atoms with E-state index in [-0.39, 0.29) is 6.04 Å². The first-order chi connectivity index (χ1) is 14.1.